The van der Waals surface area contributed by atoms with Crippen molar-refractivity contribution in [2.45, 2.75) is 6.54 Å². The van der Waals surface area contributed by atoms with Gasteiger partial charge in [-0.1, -0.05) is 36.4 Å². The predicted molar refractivity (Wildman–Crippen MR) is 90.2 cm³/mol. The number of allylic oxidation sites excluding steroid dienone is 1. The van der Waals surface area contributed by atoms with Crippen molar-refractivity contribution in [3.63, 3.8) is 0 Å². The molecule has 0 spiro atoms. The number of carbonyl (C=O) groups excluding carboxylic acids is 1. The first-order valence-electron chi connectivity index (χ1n) is 7.19. The lowest BCUT2D eigenvalue weighted by Crippen LogP contribution is -2.11. The van der Waals surface area contributed by atoms with Crippen LogP contribution in [0.1, 0.15) is 21.5 Å². The third-order valence-electron chi connectivity index (χ3n) is 3.26. The first-order valence-corrected chi connectivity index (χ1v) is 7.19. The van der Waals surface area contributed by atoms with E-state index < -0.39 is 0 Å². The van der Waals surface area contributed by atoms with Gasteiger partial charge in [-0.3, -0.25) is 4.79 Å². The van der Waals surface area contributed by atoms with Gasteiger partial charge >= 0.3 is 0 Å². The van der Waals surface area contributed by atoms with Crippen molar-refractivity contribution in [2.75, 3.05) is 21.2 Å². The quantitative estimate of drug-likeness (QED) is 0.602. The summed E-state index contributed by atoms with van der Waals surface area (Å²) >= 11 is 0. The molecule has 0 aliphatic rings. The Morgan fingerprint density at radius 2 is 1.91 bits per heavy atom. The summed E-state index contributed by atoms with van der Waals surface area (Å²) < 4.78 is 5.28. The Kier molecular flexibility index (Phi) is 5.50. The van der Waals surface area contributed by atoms with Gasteiger partial charge in [0.25, 0.3) is 0 Å². The standard InChI is InChI=1S/C19H21NO2/c1-20(2)14-15-7-6-9-17(13-15)18(21)12-11-16-8-4-5-10-19(16)22-3/h4-13H,14H2,1-3H3. The number of carbonyl (C=O) groups is 1. The van der Waals surface area contributed by atoms with Crippen molar-refractivity contribution in [1.29, 1.82) is 0 Å². The first-order chi connectivity index (χ1) is 10.6. The van der Waals surface area contributed by atoms with Gasteiger partial charge in [0.05, 0.1) is 7.11 Å². The van der Waals surface area contributed by atoms with Crippen LogP contribution < -0.4 is 4.74 Å². The van der Waals surface area contributed by atoms with Crippen LogP contribution in [0, 0.1) is 0 Å². The molecule has 0 amide bonds. The Labute approximate surface area is 131 Å². The van der Waals surface area contributed by atoms with E-state index in [1.54, 1.807) is 19.3 Å². The van der Waals surface area contributed by atoms with Crippen molar-refractivity contribution >= 4 is 11.9 Å². The number of rotatable bonds is 6. The van der Waals surface area contributed by atoms with Gasteiger partial charge in [0.2, 0.25) is 0 Å². The fraction of sp³-hybridized carbons (Fsp3) is 0.211. The van der Waals surface area contributed by atoms with Gasteiger partial charge in [-0.25, -0.2) is 0 Å². The number of methoxy groups -OCH3 is 1. The number of nitrogens with zero attached hydrogens (tertiary/aromatic N) is 1. The minimum atomic E-state index is -0.00786. The predicted octanol–water partition coefficient (Wildman–Crippen LogP) is 3.65. The number of ketones is 1. The zero-order chi connectivity index (χ0) is 15.9. The largest absolute Gasteiger partial charge is 0.496 e. The Morgan fingerprint density at radius 1 is 1.14 bits per heavy atom. The Hall–Kier alpha value is -2.39. The molecule has 0 fully saturated rings. The molecule has 2 rings (SSSR count). The molecule has 0 radical (unpaired) electrons. The summed E-state index contributed by atoms with van der Waals surface area (Å²) in [6, 6.07) is 15.4. The second kappa shape index (κ2) is 7.57. The van der Waals surface area contributed by atoms with Gasteiger partial charge < -0.3 is 9.64 Å². The average Bonchev–Trinajstić information content (AvgIpc) is 2.52. The summed E-state index contributed by atoms with van der Waals surface area (Å²) in [6.07, 6.45) is 3.38. The summed E-state index contributed by atoms with van der Waals surface area (Å²) in [5.74, 6) is 0.749. The zero-order valence-corrected chi connectivity index (χ0v) is 13.2. The fourth-order valence-electron chi connectivity index (χ4n) is 2.25. The molecule has 3 nitrogen and oxygen atoms in total. The molecule has 114 valence electrons. The van der Waals surface area contributed by atoms with Crippen LogP contribution in [0.2, 0.25) is 0 Å². The van der Waals surface area contributed by atoms with Gasteiger partial charge in [-0.05, 0) is 43.9 Å². The molecule has 3 heteroatoms. The summed E-state index contributed by atoms with van der Waals surface area (Å²) in [4.78, 5) is 14.4. The van der Waals surface area contributed by atoms with E-state index in [0.29, 0.717) is 5.56 Å². The lowest BCUT2D eigenvalue weighted by atomic mass is 10.1. The molecular formula is C19H21NO2. The van der Waals surface area contributed by atoms with E-state index in [0.717, 1.165) is 23.4 Å². The highest BCUT2D eigenvalue weighted by Crippen LogP contribution is 2.19. The second-order valence-electron chi connectivity index (χ2n) is 5.38. The first kappa shape index (κ1) is 16.0. The van der Waals surface area contributed by atoms with E-state index in [-0.39, 0.29) is 5.78 Å². The highest BCUT2D eigenvalue weighted by atomic mass is 16.5. The van der Waals surface area contributed by atoms with Crippen molar-refractivity contribution in [3.8, 4) is 5.75 Å². The molecule has 0 heterocycles. The molecule has 0 aromatic heterocycles. The molecule has 0 saturated heterocycles. The van der Waals surface area contributed by atoms with Crippen LogP contribution in [-0.2, 0) is 6.54 Å². The Bertz CT molecular complexity index is 675. The minimum Gasteiger partial charge on any atom is -0.496 e. The SMILES string of the molecule is COc1ccccc1C=CC(=O)c1cccc(CN(C)C)c1. The fourth-order valence-corrected chi connectivity index (χ4v) is 2.25. The van der Waals surface area contributed by atoms with Crippen LogP contribution in [0.5, 0.6) is 5.75 Å². The third kappa shape index (κ3) is 4.30. The van der Waals surface area contributed by atoms with Crippen molar-refractivity contribution < 1.29 is 9.53 Å². The number of hydrogen-bond acceptors (Lipinski definition) is 3. The third-order valence-corrected chi connectivity index (χ3v) is 3.26. The van der Waals surface area contributed by atoms with Crippen LogP contribution >= 0.6 is 0 Å². The number of ether oxygens (including phenoxy) is 1. The Balaban J connectivity index is 2.16. The van der Waals surface area contributed by atoms with Crippen LogP contribution in [0.25, 0.3) is 6.08 Å². The molecule has 22 heavy (non-hydrogen) atoms. The number of benzene rings is 2. The lowest BCUT2D eigenvalue weighted by molar-refractivity contribution is 0.104. The molecule has 0 N–H and O–H groups in total. The highest BCUT2D eigenvalue weighted by molar-refractivity contribution is 6.07. The summed E-state index contributed by atoms with van der Waals surface area (Å²) in [5.41, 5.74) is 2.72. The topological polar surface area (TPSA) is 29.5 Å². The maximum Gasteiger partial charge on any atom is 0.185 e. The van der Waals surface area contributed by atoms with E-state index >= 15 is 0 Å². The van der Waals surface area contributed by atoms with E-state index in [2.05, 4.69) is 4.90 Å². The molecule has 0 unspecified atom stereocenters. The van der Waals surface area contributed by atoms with Crippen LogP contribution in [0.3, 0.4) is 0 Å². The molecule has 0 aliphatic heterocycles. The molecule has 2 aromatic rings. The number of para-hydroxylation sites is 1. The summed E-state index contributed by atoms with van der Waals surface area (Å²) in [7, 11) is 5.64. The highest BCUT2D eigenvalue weighted by Gasteiger charge is 2.04. The second-order valence-corrected chi connectivity index (χ2v) is 5.38. The maximum atomic E-state index is 12.3. The summed E-state index contributed by atoms with van der Waals surface area (Å²) in [6.45, 7) is 0.817. The molecule has 0 saturated carbocycles. The summed E-state index contributed by atoms with van der Waals surface area (Å²) in [5, 5.41) is 0. The van der Waals surface area contributed by atoms with Crippen molar-refractivity contribution in [3.05, 3.63) is 71.3 Å². The molecule has 2 aromatic carbocycles. The molecule has 0 aliphatic carbocycles. The van der Waals surface area contributed by atoms with Gasteiger partial charge in [0.15, 0.2) is 5.78 Å². The molecule has 0 atom stereocenters. The van der Waals surface area contributed by atoms with Crippen LogP contribution in [0.4, 0.5) is 0 Å². The van der Waals surface area contributed by atoms with E-state index in [1.807, 2.05) is 62.6 Å². The van der Waals surface area contributed by atoms with Crippen LogP contribution in [0.15, 0.2) is 54.6 Å². The number of hydrogen-bond donors (Lipinski definition) is 0. The van der Waals surface area contributed by atoms with Gasteiger partial charge in [0.1, 0.15) is 5.75 Å². The van der Waals surface area contributed by atoms with Crippen molar-refractivity contribution in [1.82, 2.24) is 4.90 Å². The maximum absolute atomic E-state index is 12.3. The van der Waals surface area contributed by atoms with E-state index in [9.17, 15) is 4.79 Å². The monoisotopic (exact) mass is 295 g/mol. The van der Waals surface area contributed by atoms with Gasteiger partial charge in [0, 0.05) is 17.7 Å². The van der Waals surface area contributed by atoms with Crippen LogP contribution in [-0.4, -0.2) is 31.9 Å². The Morgan fingerprint density at radius 3 is 2.64 bits per heavy atom. The zero-order valence-electron chi connectivity index (χ0n) is 13.2. The average molecular weight is 295 g/mol. The smallest absolute Gasteiger partial charge is 0.185 e. The lowest BCUT2D eigenvalue weighted by Gasteiger charge is -2.10. The van der Waals surface area contributed by atoms with E-state index in [4.69, 9.17) is 4.74 Å². The van der Waals surface area contributed by atoms with Gasteiger partial charge in [-0.2, -0.15) is 0 Å². The van der Waals surface area contributed by atoms with Crippen molar-refractivity contribution in [2.24, 2.45) is 0 Å². The molecular weight excluding hydrogens is 274 g/mol. The van der Waals surface area contributed by atoms with E-state index in [1.165, 1.54) is 0 Å². The normalized spacial score (nSPS) is 11.1. The molecule has 0 bridgehead atoms. The minimum absolute atomic E-state index is 0.00786. The van der Waals surface area contributed by atoms with Gasteiger partial charge in [-0.15, -0.1) is 0 Å².